The fourth-order valence-corrected chi connectivity index (χ4v) is 6.30. The number of benzene rings is 4. The average Bonchev–Trinajstić information content (AvgIpc) is 3.47. The van der Waals surface area contributed by atoms with Crippen molar-refractivity contribution in [3.8, 4) is 11.1 Å². The first-order chi connectivity index (χ1) is 28.4. The molecule has 4 aromatic rings. The maximum Gasteiger partial charge on any atom is 0.490 e. The summed E-state index contributed by atoms with van der Waals surface area (Å²) in [6.45, 7) is -2.77. The maximum atomic E-state index is 13.6. The van der Waals surface area contributed by atoms with E-state index < -0.39 is 120 Å². The Hall–Kier alpha value is -6.00. The highest BCUT2D eigenvalue weighted by Crippen LogP contribution is 2.45. The van der Waals surface area contributed by atoms with Crippen LogP contribution in [-0.2, 0) is 52.1 Å². The van der Waals surface area contributed by atoms with Crippen molar-refractivity contribution >= 4 is 18.0 Å². The molecule has 0 heterocycles. The number of alkyl halides is 15. The van der Waals surface area contributed by atoms with E-state index in [4.69, 9.17) is 14.6 Å². The number of carbonyl (C=O) groups excluding carboxylic acids is 1. The third-order valence-corrected chi connectivity index (χ3v) is 9.02. The van der Waals surface area contributed by atoms with E-state index in [9.17, 15) is 80.6 Å². The van der Waals surface area contributed by atoms with Gasteiger partial charge in [0.1, 0.15) is 12.6 Å². The van der Waals surface area contributed by atoms with E-state index >= 15 is 0 Å². The molecule has 336 valence electrons. The Morgan fingerprint density at radius 2 is 0.952 bits per heavy atom. The number of carboxylic acids is 2. The van der Waals surface area contributed by atoms with Gasteiger partial charge in [-0.3, -0.25) is 4.90 Å². The quantitative estimate of drug-likeness (QED) is 0.128. The van der Waals surface area contributed by atoms with Crippen LogP contribution < -0.4 is 5.32 Å². The van der Waals surface area contributed by atoms with E-state index in [0.717, 1.165) is 27.2 Å². The molecule has 1 aliphatic carbocycles. The fraction of sp³-hybridized carbons (Fsp3) is 0.308. The lowest BCUT2D eigenvalue weighted by Gasteiger charge is -2.26. The third kappa shape index (κ3) is 13.0. The molecular weight excluding hydrogens is 877 g/mol. The normalized spacial score (nSPS) is 13.7. The molecule has 0 spiro atoms. The number of amides is 1. The molecule has 62 heavy (non-hydrogen) atoms. The highest BCUT2D eigenvalue weighted by molar-refractivity contribution is 5.81. The van der Waals surface area contributed by atoms with E-state index in [1.807, 2.05) is 36.4 Å². The Balaban J connectivity index is 0.00000111. The van der Waals surface area contributed by atoms with Crippen LogP contribution in [-0.4, -0.2) is 58.5 Å². The van der Waals surface area contributed by atoms with Gasteiger partial charge in [-0.05, 0) is 76.2 Å². The minimum atomic E-state index is -5.29. The standard InChI is InChI=1S/C37H28F12N2O4.C2HF3O2/c38-34(39,40)22-11-20(12-23(15-22)35(41,42)43)17-51(18-21-13-24(36(44,45)46)16-25(14-21)37(47,48)49)10-9-31(32(52)53)50-33(54)55-19-30-28-7-3-1-5-26(28)27-6-2-4-8-29(27)30;3-2(4,5)1(6)7/h1-8,11-16,30-31H,9-10,17-19H2,(H,50,54)(H,52,53);(H,6,7)/t31-;/m0./s1. The molecule has 23 heteroatoms. The van der Waals surface area contributed by atoms with Crippen molar-refractivity contribution in [3.63, 3.8) is 0 Å². The number of hydrogen-bond donors (Lipinski definition) is 3. The topological polar surface area (TPSA) is 116 Å². The molecule has 4 aromatic carbocycles. The molecule has 0 aliphatic heterocycles. The summed E-state index contributed by atoms with van der Waals surface area (Å²) in [6.07, 6.45) is -28.1. The smallest absolute Gasteiger partial charge is 0.480 e. The lowest BCUT2D eigenvalue weighted by atomic mass is 9.98. The van der Waals surface area contributed by atoms with Gasteiger partial charge in [-0.1, -0.05) is 48.5 Å². The lowest BCUT2D eigenvalue weighted by Crippen LogP contribution is -2.43. The first-order valence-electron chi connectivity index (χ1n) is 17.4. The van der Waals surface area contributed by atoms with Gasteiger partial charge in [0.15, 0.2) is 0 Å². The second-order valence-electron chi connectivity index (χ2n) is 13.5. The number of ether oxygens (including phenoxy) is 1. The number of alkyl carbamates (subject to hydrolysis) is 1. The number of aliphatic carboxylic acids is 2. The molecule has 0 unspecified atom stereocenters. The summed E-state index contributed by atoms with van der Waals surface area (Å²) in [5.74, 6) is -4.86. The lowest BCUT2D eigenvalue weighted by molar-refractivity contribution is -0.192. The predicted molar refractivity (Wildman–Crippen MR) is 185 cm³/mol. The van der Waals surface area contributed by atoms with Crippen LogP contribution in [0.15, 0.2) is 84.9 Å². The van der Waals surface area contributed by atoms with Crippen molar-refractivity contribution in [2.45, 2.75) is 62.4 Å². The summed E-state index contributed by atoms with van der Waals surface area (Å²) >= 11 is 0. The van der Waals surface area contributed by atoms with Gasteiger partial charge >= 0.3 is 48.9 Å². The largest absolute Gasteiger partial charge is 0.490 e. The molecule has 1 atom stereocenters. The van der Waals surface area contributed by atoms with Gasteiger partial charge < -0.3 is 20.3 Å². The van der Waals surface area contributed by atoms with E-state index in [2.05, 4.69) is 5.32 Å². The van der Waals surface area contributed by atoms with Crippen molar-refractivity contribution in [2.75, 3.05) is 13.2 Å². The SMILES string of the molecule is O=C(N[C@@H](CCN(Cc1cc(C(F)(F)F)cc(C(F)(F)F)c1)Cc1cc(C(F)(F)F)cc(C(F)(F)F)c1)C(=O)O)OCC1c2ccccc2-c2ccccc21.O=C(O)C(F)(F)F. The molecule has 8 nitrogen and oxygen atoms in total. The zero-order valence-corrected chi connectivity index (χ0v) is 30.9. The summed E-state index contributed by atoms with van der Waals surface area (Å²) in [5, 5.41) is 19.1. The van der Waals surface area contributed by atoms with E-state index in [0.29, 0.717) is 24.3 Å². The molecule has 0 fully saturated rings. The number of nitrogens with zero attached hydrogens (tertiary/aromatic N) is 1. The second-order valence-corrected chi connectivity index (χ2v) is 13.5. The second kappa shape index (κ2) is 18.5. The summed E-state index contributed by atoms with van der Waals surface area (Å²) in [4.78, 5) is 34.8. The molecule has 3 N–H and O–H groups in total. The summed E-state index contributed by atoms with van der Waals surface area (Å²) in [7, 11) is 0. The van der Waals surface area contributed by atoms with Crippen molar-refractivity contribution in [1.29, 1.82) is 0 Å². The molecule has 5 rings (SSSR count). The Labute approximate surface area is 339 Å². The monoisotopic (exact) mass is 906 g/mol. The van der Waals surface area contributed by atoms with Gasteiger partial charge in [-0.15, -0.1) is 0 Å². The number of carboxylic acid groups (broad SMARTS) is 2. The predicted octanol–water partition coefficient (Wildman–Crippen LogP) is 10.8. The molecule has 0 aromatic heterocycles. The van der Waals surface area contributed by atoms with E-state index in [-0.39, 0.29) is 18.7 Å². The highest BCUT2D eigenvalue weighted by atomic mass is 19.4. The Bertz CT molecular complexity index is 2060. The Morgan fingerprint density at radius 1 is 0.597 bits per heavy atom. The fourth-order valence-electron chi connectivity index (χ4n) is 6.30. The molecule has 0 saturated heterocycles. The van der Waals surface area contributed by atoms with Crippen LogP contribution in [0.4, 0.5) is 70.7 Å². The van der Waals surface area contributed by atoms with Crippen LogP contribution in [0.25, 0.3) is 11.1 Å². The van der Waals surface area contributed by atoms with Crippen LogP contribution >= 0.6 is 0 Å². The van der Waals surface area contributed by atoms with Gasteiger partial charge in [0.25, 0.3) is 0 Å². The third-order valence-electron chi connectivity index (χ3n) is 9.02. The first-order valence-corrected chi connectivity index (χ1v) is 17.4. The number of nitrogens with one attached hydrogen (secondary N) is 1. The Morgan fingerprint density at radius 3 is 1.27 bits per heavy atom. The van der Waals surface area contributed by atoms with Gasteiger partial charge in [0.2, 0.25) is 0 Å². The van der Waals surface area contributed by atoms with E-state index in [1.54, 1.807) is 12.1 Å². The summed E-state index contributed by atoms with van der Waals surface area (Å²) < 4.78 is 200. The van der Waals surface area contributed by atoms with Crippen LogP contribution in [0.5, 0.6) is 0 Å². The Kier molecular flexibility index (Phi) is 14.6. The molecule has 0 saturated carbocycles. The van der Waals surface area contributed by atoms with Crippen molar-refractivity contribution < 1.29 is 95.2 Å². The maximum absolute atomic E-state index is 13.6. The van der Waals surface area contributed by atoms with Crippen molar-refractivity contribution in [1.82, 2.24) is 10.2 Å². The summed E-state index contributed by atoms with van der Waals surface area (Å²) in [6, 6.07) is 13.7. The van der Waals surface area contributed by atoms with Crippen LogP contribution in [0.1, 0.15) is 56.8 Å². The highest BCUT2D eigenvalue weighted by Gasteiger charge is 2.40. The zero-order chi connectivity index (χ0) is 46.6. The molecule has 1 amide bonds. The van der Waals surface area contributed by atoms with Crippen molar-refractivity contribution in [3.05, 3.63) is 129 Å². The molecule has 0 bridgehead atoms. The van der Waals surface area contributed by atoms with Gasteiger partial charge in [-0.2, -0.15) is 65.9 Å². The molecule has 1 aliphatic rings. The minimum Gasteiger partial charge on any atom is -0.480 e. The van der Waals surface area contributed by atoms with Gasteiger partial charge in [0, 0.05) is 25.6 Å². The first kappa shape index (κ1) is 48.7. The number of halogens is 15. The minimum absolute atomic E-state index is 0.172. The number of fused-ring (bicyclic) bond motifs is 3. The van der Waals surface area contributed by atoms with Gasteiger partial charge in [0.05, 0.1) is 22.3 Å². The van der Waals surface area contributed by atoms with Gasteiger partial charge in [-0.25, -0.2) is 14.4 Å². The van der Waals surface area contributed by atoms with Crippen LogP contribution in [0.3, 0.4) is 0 Å². The zero-order valence-electron chi connectivity index (χ0n) is 30.9. The average molecular weight is 907 g/mol. The number of carbonyl (C=O) groups is 3. The number of rotatable bonds is 11. The van der Waals surface area contributed by atoms with Crippen LogP contribution in [0, 0.1) is 0 Å². The number of hydrogen-bond acceptors (Lipinski definition) is 5. The van der Waals surface area contributed by atoms with Crippen molar-refractivity contribution in [2.24, 2.45) is 0 Å². The van der Waals surface area contributed by atoms with E-state index in [1.165, 1.54) is 0 Å². The summed E-state index contributed by atoms with van der Waals surface area (Å²) in [5.41, 5.74) is -4.91. The molecule has 0 radical (unpaired) electrons. The van der Waals surface area contributed by atoms with Crippen LogP contribution in [0.2, 0.25) is 0 Å². The molecular formula is C39H29F15N2O6.